The summed E-state index contributed by atoms with van der Waals surface area (Å²) in [5.74, 6) is 1.65. The Bertz CT molecular complexity index is 276. The number of hydrogen-bond donors (Lipinski definition) is 0. The number of hydrogen-bond acceptors (Lipinski definition) is 2. The van der Waals surface area contributed by atoms with E-state index in [2.05, 4.69) is 22.9 Å². The summed E-state index contributed by atoms with van der Waals surface area (Å²) in [6.45, 7) is 2.13. The Morgan fingerprint density at radius 3 is 2.71 bits per heavy atom. The Balaban J connectivity index is 2.57. The fourth-order valence-electron chi connectivity index (χ4n) is 1.11. The molecule has 0 N–H and O–H groups in total. The van der Waals surface area contributed by atoms with Gasteiger partial charge in [0.05, 0.1) is 7.11 Å². The summed E-state index contributed by atoms with van der Waals surface area (Å²) in [5, 5.41) is 0.0830. The molecule has 0 saturated carbocycles. The van der Waals surface area contributed by atoms with E-state index in [1.54, 1.807) is 7.11 Å². The zero-order valence-electron chi connectivity index (χ0n) is 8.50. The Labute approximate surface area is 93.4 Å². The van der Waals surface area contributed by atoms with Gasteiger partial charge in [0.2, 0.25) is 0 Å². The summed E-state index contributed by atoms with van der Waals surface area (Å²) in [7, 11) is 1.65. The van der Waals surface area contributed by atoms with Crippen LogP contribution in [0.4, 0.5) is 0 Å². The monoisotopic (exact) mass is 258 g/mol. The molecule has 14 heavy (non-hydrogen) atoms. The average molecular weight is 259 g/mol. The van der Waals surface area contributed by atoms with Crippen molar-refractivity contribution in [2.24, 2.45) is 0 Å². The van der Waals surface area contributed by atoms with Crippen LogP contribution in [0, 0.1) is 0 Å². The summed E-state index contributed by atoms with van der Waals surface area (Å²) in [4.78, 5) is 0. The maximum absolute atomic E-state index is 5.63. The smallest absolute Gasteiger partial charge is 0.153 e. The summed E-state index contributed by atoms with van der Waals surface area (Å²) in [6, 6.07) is 7.62. The predicted octanol–water partition coefficient (Wildman–Crippen LogP) is 3.60. The third-order valence-corrected chi connectivity index (χ3v) is 2.47. The van der Waals surface area contributed by atoms with Crippen molar-refractivity contribution in [1.29, 1.82) is 0 Å². The van der Waals surface area contributed by atoms with Crippen molar-refractivity contribution < 1.29 is 9.47 Å². The largest absolute Gasteiger partial charge is 0.497 e. The molecule has 0 bridgehead atoms. The lowest BCUT2D eigenvalue weighted by Gasteiger charge is -2.12. The molecule has 0 amide bonds. The molecule has 1 atom stereocenters. The van der Waals surface area contributed by atoms with E-state index < -0.39 is 0 Å². The van der Waals surface area contributed by atoms with E-state index in [1.807, 2.05) is 24.3 Å². The minimum absolute atomic E-state index is 0.0830. The van der Waals surface area contributed by atoms with Gasteiger partial charge in [-0.1, -0.05) is 19.4 Å². The van der Waals surface area contributed by atoms with Crippen LogP contribution in [0.1, 0.15) is 19.8 Å². The van der Waals surface area contributed by atoms with Crippen LogP contribution in [0.3, 0.4) is 0 Å². The van der Waals surface area contributed by atoms with Crippen LogP contribution < -0.4 is 9.47 Å². The van der Waals surface area contributed by atoms with Crippen molar-refractivity contribution in [1.82, 2.24) is 0 Å². The van der Waals surface area contributed by atoms with Gasteiger partial charge < -0.3 is 9.47 Å². The molecular formula is C11H15BrO2. The maximum Gasteiger partial charge on any atom is 0.153 e. The fraction of sp³-hybridized carbons (Fsp3) is 0.455. The highest BCUT2D eigenvalue weighted by Gasteiger charge is 2.04. The zero-order chi connectivity index (χ0) is 10.4. The van der Waals surface area contributed by atoms with Crippen molar-refractivity contribution in [3.63, 3.8) is 0 Å². The van der Waals surface area contributed by atoms with Crippen LogP contribution in [0.15, 0.2) is 24.3 Å². The predicted molar refractivity (Wildman–Crippen MR) is 61.2 cm³/mol. The van der Waals surface area contributed by atoms with Gasteiger partial charge in [0.15, 0.2) is 5.01 Å². The van der Waals surface area contributed by atoms with E-state index >= 15 is 0 Å². The van der Waals surface area contributed by atoms with Gasteiger partial charge in [-0.05, 0) is 34.5 Å². The SMILES string of the molecule is CCCC(Br)Oc1cccc(OC)c1. The lowest BCUT2D eigenvalue weighted by atomic mass is 10.3. The first-order valence-electron chi connectivity index (χ1n) is 4.71. The highest BCUT2D eigenvalue weighted by atomic mass is 79.9. The molecule has 2 nitrogen and oxygen atoms in total. The number of ether oxygens (including phenoxy) is 2. The molecule has 1 aromatic rings. The second kappa shape index (κ2) is 5.91. The van der Waals surface area contributed by atoms with Gasteiger partial charge in [0.1, 0.15) is 11.5 Å². The summed E-state index contributed by atoms with van der Waals surface area (Å²) in [6.07, 6.45) is 2.09. The molecule has 0 aliphatic carbocycles. The fourth-order valence-corrected chi connectivity index (χ4v) is 1.78. The summed E-state index contributed by atoms with van der Waals surface area (Å²) >= 11 is 3.46. The minimum Gasteiger partial charge on any atom is -0.497 e. The van der Waals surface area contributed by atoms with E-state index in [-0.39, 0.29) is 5.01 Å². The Morgan fingerprint density at radius 2 is 2.07 bits per heavy atom. The molecule has 0 aliphatic heterocycles. The molecule has 0 saturated heterocycles. The van der Waals surface area contributed by atoms with Crippen LogP contribution in [0.2, 0.25) is 0 Å². The standard InChI is InChI=1S/C11H15BrO2/c1-3-5-11(12)14-10-7-4-6-9(8-10)13-2/h4,6-8,11H,3,5H2,1-2H3. The van der Waals surface area contributed by atoms with E-state index in [1.165, 1.54) is 0 Å². The van der Waals surface area contributed by atoms with Gasteiger partial charge in [-0.3, -0.25) is 0 Å². The van der Waals surface area contributed by atoms with Gasteiger partial charge >= 0.3 is 0 Å². The van der Waals surface area contributed by atoms with Crippen molar-refractivity contribution in [2.45, 2.75) is 24.8 Å². The van der Waals surface area contributed by atoms with Crippen molar-refractivity contribution in [2.75, 3.05) is 7.11 Å². The molecule has 78 valence electrons. The number of methoxy groups -OCH3 is 1. The molecule has 0 spiro atoms. The average Bonchev–Trinajstić information content (AvgIpc) is 2.18. The van der Waals surface area contributed by atoms with E-state index in [9.17, 15) is 0 Å². The van der Waals surface area contributed by atoms with Crippen molar-refractivity contribution in [3.8, 4) is 11.5 Å². The summed E-state index contributed by atoms with van der Waals surface area (Å²) < 4.78 is 10.7. The molecule has 1 aromatic carbocycles. The molecule has 1 unspecified atom stereocenters. The second-order valence-corrected chi connectivity index (χ2v) is 4.02. The normalized spacial score (nSPS) is 12.2. The minimum atomic E-state index is 0.0830. The lowest BCUT2D eigenvalue weighted by Crippen LogP contribution is -2.06. The topological polar surface area (TPSA) is 18.5 Å². The number of benzene rings is 1. The molecule has 0 fully saturated rings. The molecule has 0 heterocycles. The highest BCUT2D eigenvalue weighted by molar-refractivity contribution is 9.09. The third kappa shape index (κ3) is 3.58. The van der Waals surface area contributed by atoms with Crippen LogP contribution in [0.25, 0.3) is 0 Å². The van der Waals surface area contributed by atoms with Crippen LogP contribution in [-0.2, 0) is 0 Å². The zero-order valence-corrected chi connectivity index (χ0v) is 10.1. The van der Waals surface area contributed by atoms with Gasteiger partial charge in [0.25, 0.3) is 0 Å². The molecule has 3 heteroatoms. The Morgan fingerprint density at radius 1 is 1.36 bits per heavy atom. The number of halogens is 1. The number of alkyl halides is 1. The van der Waals surface area contributed by atoms with Gasteiger partial charge in [-0.2, -0.15) is 0 Å². The molecular weight excluding hydrogens is 244 g/mol. The van der Waals surface area contributed by atoms with Crippen LogP contribution in [0.5, 0.6) is 11.5 Å². The first kappa shape index (κ1) is 11.4. The highest BCUT2D eigenvalue weighted by Crippen LogP contribution is 2.22. The van der Waals surface area contributed by atoms with Crippen LogP contribution >= 0.6 is 15.9 Å². The maximum atomic E-state index is 5.63. The van der Waals surface area contributed by atoms with Gasteiger partial charge in [-0.25, -0.2) is 0 Å². The molecule has 0 aromatic heterocycles. The van der Waals surface area contributed by atoms with Gasteiger partial charge in [0, 0.05) is 6.07 Å². The van der Waals surface area contributed by atoms with Crippen molar-refractivity contribution >= 4 is 15.9 Å². The van der Waals surface area contributed by atoms with Gasteiger partial charge in [-0.15, -0.1) is 0 Å². The quantitative estimate of drug-likeness (QED) is 0.752. The summed E-state index contributed by atoms with van der Waals surface area (Å²) in [5.41, 5.74) is 0. The third-order valence-electron chi connectivity index (χ3n) is 1.82. The Kier molecular flexibility index (Phi) is 4.80. The first-order valence-corrected chi connectivity index (χ1v) is 5.62. The first-order chi connectivity index (χ1) is 6.76. The Hall–Kier alpha value is -0.700. The van der Waals surface area contributed by atoms with E-state index in [0.29, 0.717) is 0 Å². The van der Waals surface area contributed by atoms with Crippen molar-refractivity contribution in [3.05, 3.63) is 24.3 Å². The molecule has 1 rings (SSSR count). The van der Waals surface area contributed by atoms with E-state index in [0.717, 1.165) is 24.3 Å². The number of rotatable bonds is 5. The molecule has 0 radical (unpaired) electrons. The van der Waals surface area contributed by atoms with Crippen LogP contribution in [-0.4, -0.2) is 12.1 Å². The second-order valence-electron chi connectivity index (χ2n) is 3.00. The molecule has 0 aliphatic rings. The lowest BCUT2D eigenvalue weighted by molar-refractivity contribution is 0.280. The van der Waals surface area contributed by atoms with E-state index in [4.69, 9.17) is 9.47 Å².